The molecule has 2 rings (SSSR count). The lowest BCUT2D eigenvalue weighted by Crippen LogP contribution is -2.41. The molecule has 3 N–H and O–H groups in total. The summed E-state index contributed by atoms with van der Waals surface area (Å²) in [4.78, 5) is 4.35. The van der Waals surface area contributed by atoms with E-state index >= 15 is 0 Å². The predicted octanol–water partition coefficient (Wildman–Crippen LogP) is 2.92. The van der Waals surface area contributed by atoms with Crippen molar-refractivity contribution in [2.45, 2.75) is 52.0 Å². The van der Waals surface area contributed by atoms with Gasteiger partial charge in [-0.15, -0.1) is 0 Å². The molecule has 1 fully saturated rings. The van der Waals surface area contributed by atoms with Gasteiger partial charge < -0.3 is 15.8 Å². The Labute approximate surface area is 127 Å². The van der Waals surface area contributed by atoms with E-state index in [-0.39, 0.29) is 0 Å². The minimum atomic E-state index is 0.502. The van der Waals surface area contributed by atoms with Crippen molar-refractivity contribution >= 4 is 5.96 Å². The third-order valence-corrected chi connectivity index (χ3v) is 3.99. The van der Waals surface area contributed by atoms with Gasteiger partial charge in [-0.05, 0) is 37.8 Å². The smallest absolute Gasteiger partial charge is 0.188 e. The van der Waals surface area contributed by atoms with Crippen molar-refractivity contribution in [1.82, 2.24) is 5.32 Å². The van der Waals surface area contributed by atoms with Crippen LogP contribution in [0.2, 0.25) is 0 Å². The van der Waals surface area contributed by atoms with Gasteiger partial charge in [-0.2, -0.15) is 0 Å². The molecule has 0 spiro atoms. The highest BCUT2D eigenvalue weighted by molar-refractivity contribution is 5.78. The van der Waals surface area contributed by atoms with E-state index < -0.39 is 0 Å². The Bertz CT molecular complexity index is 459. The summed E-state index contributed by atoms with van der Waals surface area (Å²) in [5, 5.41) is 3.31. The van der Waals surface area contributed by atoms with E-state index in [1.54, 1.807) is 0 Å². The maximum absolute atomic E-state index is 5.93. The number of rotatable bonds is 5. The molecule has 21 heavy (non-hydrogen) atoms. The van der Waals surface area contributed by atoms with Crippen molar-refractivity contribution in [3.63, 3.8) is 0 Å². The number of hydrogen-bond acceptors (Lipinski definition) is 2. The normalized spacial score (nSPS) is 16.8. The van der Waals surface area contributed by atoms with E-state index in [2.05, 4.69) is 36.3 Å². The molecule has 0 aliphatic heterocycles. The maximum atomic E-state index is 5.93. The highest BCUT2D eigenvalue weighted by Crippen LogP contribution is 2.22. The van der Waals surface area contributed by atoms with Gasteiger partial charge in [0.2, 0.25) is 0 Å². The van der Waals surface area contributed by atoms with Crippen LogP contribution in [0.5, 0.6) is 5.75 Å². The molecule has 1 saturated carbocycles. The van der Waals surface area contributed by atoms with Crippen LogP contribution < -0.4 is 15.8 Å². The molecule has 1 aromatic carbocycles. The zero-order valence-corrected chi connectivity index (χ0v) is 13.2. The van der Waals surface area contributed by atoms with Crippen molar-refractivity contribution in [2.24, 2.45) is 10.7 Å². The SMILES string of the molecule is Cc1cccc(C)c1OCCN=C(N)NC1CCCCC1. The monoisotopic (exact) mass is 289 g/mol. The Morgan fingerprint density at radius 2 is 1.90 bits per heavy atom. The average Bonchev–Trinajstić information content (AvgIpc) is 2.47. The average molecular weight is 289 g/mol. The number of aryl methyl sites for hydroxylation is 2. The van der Waals surface area contributed by atoms with Gasteiger partial charge in [0.1, 0.15) is 12.4 Å². The molecule has 1 aliphatic rings. The van der Waals surface area contributed by atoms with Gasteiger partial charge >= 0.3 is 0 Å². The molecule has 0 radical (unpaired) electrons. The minimum absolute atomic E-state index is 0.502. The first kappa shape index (κ1) is 15.7. The fourth-order valence-electron chi connectivity index (χ4n) is 2.84. The zero-order chi connectivity index (χ0) is 15.1. The molecular weight excluding hydrogens is 262 g/mol. The predicted molar refractivity (Wildman–Crippen MR) is 87.9 cm³/mol. The molecule has 0 bridgehead atoms. The maximum Gasteiger partial charge on any atom is 0.188 e. The van der Waals surface area contributed by atoms with E-state index in [1.807, 2.05) is 6.07 Å². The van der Waals surface area contributed by atoms with Crippen LogP contribution in [0.25, 0.3) is 0 Å². The number of aliphatic imine (C=N–C) groups is 1. The second kappa shape index (κ2) is 7.91. The minimum Gasteiger partial charge on any atom is -0.491 e. The van der Waals surface area contributed by atoms with Gasteiger partial charge in [-0.3, -0.25) is 0 Å². The second-order valence-electron chi connectivity index (χ2n) is 5.82. The summed E-state index contributed by atoms with van der Waals surface area (Å²) in [6.45, 7) is 5.26. The number of nitrogens with one attached hydrogen (secondary N) is 1. The van der Waals surface area contributed by atoms with Gasteiger partial charge in [0.15, 0.2) is 5.96 Å². The zero-order valence-electron chi connectivity index (χ0n) is 13.2. The van der Waals surface area contributed by atoms with Crippen LogP contribution in [0.3, 0.4) is 0 Å². The van der Waals surface area contributed by atoms with Crippen molar-refractivity contribution in [2.75, 3.05) is 13.2 Å². The van der Waals surface area contributed by atoms with E-state index in [4.69, 9.17) is 10.5 Å². The molecule has 116 valence electrons. The van der Waals surface area contributed by atoms with Crippen LogP contribution >= 0.6 is 0 Å². The molecule has 4 heteroatoms. The summed E-state index contributed by atoms with van der Waals surface area (Å²) >= 11 is 0. The summed E-state index contributed by atoms with van der Waals surface area (Å²) < 4.78 is 5.82. The lowest BCUT2D eigenvalue weighted by molar-refractivity contribution is 0.324. The van der Waals surface area contributed by atoms with Crippen LogP contribution in [0.4, 0.5) is 0 Å². The molecule has 0 heterocycles. The molecular formula is C17H27N3O. The van der Waals surface area contributed by atoms with E-state index in [0.29, 0.717) is 25.2 Å². The summed E-state index contributed by atoms with van der Waals surface area (Å²) in [6, 6.07) is 6.67. The van der Waals surface area contributed by atoms with Crippen LogP contribution in [-0.4, -0.2) is 25.2 Å². The number of nitrogens with two attached hydrogens (primary N) is 1. The summed E-state index contributed by atoms with van der Waals surface area (Å²) in [7, 11) is 0. The Balaban J connectivity index is 1.74. The van der Waals surface area contributed by atoms with Gasteiger partial charge in [0, 0.05) is 6.04 Å². The Hall–Kier alpha value is -1.71. The Morgan fingerprint density at radius 1 is 1.24 bits per heavy atom. The van der Waals surface area contributed by atoms with Gasteiger partial charge in [0.05, 0.1) is 6.54 Å². The molecule has 4 nitrogen and oxygen atoms in total. The van der Waals surface area contributed by atoms with Crippen molar-refractivity contribution < 1.29 is 4.74 Å². The van der Waals surface area contributed by atoms with Crippen LogP contribution in [0, 0.1) is 13.8 Å². The van der Waals surface area contributed by atoms with Gasteiger partial charge in [0.25, 0.3) is 0 Å². The fourth-order valence-corrected chi connectivity index (χ4v) is 2.84. The standard InChI is InChI=1S/C17H27N3O/c1-13-7-6-8-14(2)16(13)21-12-11-19-17(18)20-15-9-4-3-5-10-15/h6-8,15H,3-5,9-12H2,1-2H3,(H3,18,19,20). The first-order chi connectivity index (χ1) is 10.2. The first-order valence-corrected chi connectivity index (χ1v) is 7.92. The number of para-hydroxylation sites is 1. The van der Waals surface area contributed by atoms with Crippen LogP contribution in [-0.2, 0) is 0 Å². The molecule has 1 aromatic rings. The Kier molecular flexibility index (Phi) is 5.90. The molecule has 1 aliphatic carbocycles. The summed E-state index contributed by atoms with van der Waals surface area (Å²) in [5.41, 5.74) is 8.25. The van der Waals surface area contributed by atoms with Gasteiger partial charge in [-0.1, -0.05) is 37.5 Å². The van der Waals surface area contributed by atoms with Crippen LogP contribution in [0.1, 0.15) is 43.2 Å². The largest absolute Gasteiger partial charge is 0.491 e. The molecule has 0 saturated heterocycles. The summed E-state index contributed by atoms with van der Waals surface area (Å²) in [6.07, 6.45) is 6.34. The van der Waals surface area contributed by atoms with E-state index in [1.165, 1.54) is 32.1 Å². The molecule has 0 atom stereocenters. The number of benzene rings is 1. The van der Waals surface area contributed by atoms with Gasteiger partial charge in [-0.25, -0.2) is 4.99 Å². The topological polar surface area (TPSA) is 59.6 Å². The lowest BCUT2D eigenvalue weighted by Gasteiger charge is -2.23. The van der Waals surface area contributed by atoms with Crippen molar-refractivity contribution in [3.8, 4) is 5.75 Å². The first-order valence-electron chi connectivity index (χ1n) is 7.92. The number of guanidine groups is 1. The third-order valence-electron chi connectivity index (χ3n) is 3.99. The number of ether oxygens (including phenoxy) is 1. The lowest BCUT2D eigenvalue weighted by atomic mass is 9.96. The van der Waals surface area contributed by atoms with Crippen molar-refractivity contribution in [1.29, 1.82) is 0 Å². The quantitative estimate of drug-likeness (QED) is 0.498. The fraction of sp³-hybridized carbons (Fsp3) is 0.588. The molecule has 0 unspecified atom stereocenters. The highest BCUT2D eigenvalue weighted by Gasteiger charge is 2.13. The third kappa shape index (κ3) is 4.96. The molecule has 0 amide bonds. The molecule has 0 aromatic heterocycles. The summed E-state index contributed by atoms with van der Waals surface area (Å²) in [5.74, 6) is 1.51. The second-order valence-corrected chi connectivity index (χ2v) is 5.82. The number of hydrogen-bond donors (Lipinski definition) is 2. The van der Waals surface area contributed by atoms with Crippen molar-refractivity contribution in [3.05, 3.63) is 29.3 Å². The van der Waals surface area contributed by atoms with E-state index in [0.717, 1.165) is 16.9 Å². The number of nitrogens with zero attached hydrogens (tertiary/aromatic N) is 1. The van der Waals surface area contributed by atoms with Crippen LogP contribution in [0.15, 0.2) is 23.2 Å². The highest BCUT2D eigenvalue weighted by atomic mass is 16.5. The Morgan fingerprint density at radius 3 is 2.57 bits per heavy atom. The van der Waals surface area contributed by atoms with E-state index in [9.17, 15) is 0 Å².